The van der Waals surface area contributed by atoms with Gasteiger partial charge in [0.05, 0.1) is 5.69 Å². The molecular weight excluding hydrogens is 262 g/mol. The summed E-state index contributed by atoms with van der Waals surface area (Å²) < 4.78 is 1.43. The van der Waals surface area contributed by atoms with Crippen molar-refractivity contribution in [3.8, 4) is 5.75 Å². The Hall–Kier alpha value is -2.83. The van der Waals surface area contributed by atoms with Crippen LogP contribution in [0.3, 0.4) is 0 Å². The van der Waals surface area contributed by atoms with Gasteiger partial charge < -0.3 is 15.5 Å². The highest BCUT2D eigenvalue weighted by molar-refractivity contribution is 6.04. The smallest absolute Gasteiger partial charge is 0.339 e. The molecule has 0 atom stereocenters. The third-order valence-corrected chi connectivity index (χ3v) is 2.72. The molecule has 0 aliphatic heterocycles. The van der Waals surface area contributed by atoms with Crippen LogP contribution in [0.2, 0.25) is 0 Å². The molecule has 1 aromatic carbocycles. The lowest BCUT2D eigenvalue weighted by Crippen LogP contribution is -2.16. The number of rotatable bonds is 3. The molecule has 0 bridgehead atoms. The predicted octanol–water partition coefficient (Wildman–Crippen LogP) is 1.38. The second kappa shape index (κ2) is 5.04. The van der Waals surface area contributed by atoms with Gasteiger partial charge in [-0.2, -0.15) is 5.10 Å². The summed E-state index contributed by atoms with van der Waals surface area (Å²) in [6, 6.07) is 5.45. The number of nitrogens with zero attached hydrogens (tertiary/aromatic N) is 2. The van der Waals surface area contributed by atoms with Crippen LogP contribution in [-0.2, 0) is 7.05 Å². The van der Waals surface area contributed by atoms with Gasteiger partial charge in [0.1, 0.15) is 17.0 Å². The molecule has 1 aromatic heterocycles. The second-order valence-electron chi connectivity index (χ2n) is 4.29. The molecule has 20 heavy (non-hydrogen) atoms. The first kappa shape index (κ1) is 13.6. The van der Waals surface area contributed by atoms with Crippen LogP contribution in [0.1, 0.15) is 26.5 Å². The first-order valence-electron chi connectivity index (χ1n) is 5.77. The van der Waals surface area contributed by atoms with E-state index < -0.39 is 11.9 Å². The summed E-state index contributed by atoms with van der Waals surface area (Å²) in [6.07, 6.45) is 0. The minimum Gasteiger partial charge on any atom is -0.507 e. The fourth-order valence-corrected chi connectivity index (χ4v) is 1.80. The van der Waals surface area contributed by atoms with Crippen LogP contribution >= 0.6 is 0 Å². The summed E-state index contributed by atoms with van der Waals surface area (Å²) >= 11 is 0. The maximum atomic E-state index is 12.0. The Kier molecular flexibility index (Phi) is 3.43. The SMILES string of the molecule is Cc1cc(C(=O)Nc2ccc(O)c(C(=O)O)c2)n(C)n1. The van der Waals surface area contributed by atoms with Crippen LogP contribution in [0, 0.1) is 6.92 Å². The number of carbonyl (C=O) groups is 2. The Morgan fingerprint density at radius 2 is 2.00 bits per heavy atom. The molecule has 104 valence electrons. The Morgan fingerprint density at radius 3 is 2.55 bits per heavy atom. The van der Waals surface area contributed by atoms with E-state index in [9.17, 15) is 14.7 Å². The fraction of sp³-hybridized carbons (Fsp3) is 0.154. The van der Waals surface area contributed by atoms with Gasteiger partial charge in [0.15, 0.2) is 0 Å². The topological polar surface area (TPSA) is 104 Å². The van der Waals surface area contributed by atoms with Gasteiger partial charge in [-0.15, -0.1) is 0 Å². The Labute approximate surface area is 114 Å². The van der Waals surface area contributed by atoms with E-state index in [0.29, 0.717) is 11.4 Å². The van der Waals surface area contributed by atoms with E-state index >= 15 is 0 Å². The monoisotopic (exact) mass is 275 g/mol. The Balaban J connectivity index is 2.26. The molecule has 0 fully saturated rings. The molecule has 2 rings (SSSR count). The summed E-state index contributed by atoms with van der Waals surface area (Å²) in [5.74, 6) is -2.03. The van der Waals surface area contributed by atoms with Gasteiger partial charge in [0, 0.05) is 12.7 Å². The number of nitrogens with one attached hydrogen (secondary N) is 1. The average molecular weight is 275 g/mol. The molecule has 7 heteroatoms. The molecule has 0 saturated heterocycles. The molecule has 1 amide bonds. The number of amides is 1. The van der Waals surface area contributed by atoms with Crippen molar-refractivity contribution in [1.82, 2.24) is 9.78 Å². The largest absolute Gasteiger partial charge is 0.507 e. The number of benzene rings is 1. The summed E-state index contributed by atoms with van der Waals surface area (Å²) in [4.78, 5) is 22.9. The summed E-state index contributed by atoms with van der Waals surface area (Å²) in [7, 11) is 1.64. The van der Waals surface area contributed by atoms with Crippen molar-refractivity contribution in [2.45, 2.75) is 6.92 Å². The summed E-state index contributed by atoms with van der Waals surface area (Å²) in [5, 5.41) is 24.9. The van der Waals surface area contributed by atoms with Crippen molar-refractivity contribution in [1.29, 1.82) is 0 Å². The van der Waals surface area contributed by atoms with E-state index in [1.165, 1.54) is 22.9 Å². The molecule has 0 unspecified atom stereocenters. The van der Waals surface area contributed by atoms with Crippen LogP contribution < -0.4 is 5.32 Å². The van der Waals surface area contributed by atoms with Crippen LogP contribution in [0.15, 0.2) is 24.3 Å². The van der Waals surface area contributed by atoms with E-state index in [0.717, 1.165) is 0 Å². The number of carboxylic acids is 1. The Morgan fingerprint density at radius 1 is 1.30 bits per heavy atom. The molecule has 3 N–H and O–H groups in total. The standard InChI is InChI=1S/C13H13N3O4/c1-7-5-10(16(2)15-7)12(18)14-8-3-4-11(17)9(6-8)13(19)20/h3-6,17H,1-2H3,(H,14,18)(H,19,20). The number of hydrogen-bond acceptors (Lipinski definition) is 4. The maximum Gasteiger partial charge on any atom is 0.339 e. The van der Waals surface area contributed by atoms with Crippen molar-refractivity contribution in [2.75, 3.05) is 5.32 Å². The zero-order chi connectivity index (χ0) is 14.9. The molecule has 0 saturated carbocycles. The molecular formula is C13H13N3O4. The van der Waals surface area contributed by atoms with E-state index in [4.69, 9.17) is 5.11 Å². The van der Waals surface area contributed by atoms with Gasteiger partial charge >= 0.3 is 5.97 Å². The zero-order valence-electron chi connectivity index (χ0n) is 10.9. The minimum absolute atomic E-state index is 0.274. The fourth-order valence-electron chi connectivity index (χ4n) is 1.80. The normalized spacial score (nSPS) is 10.3. The van der Waals surface area contributed by atoms with Crippen LogP contribution in [-0.4, -0.2) is 31.9 Å². The lowest BCUT2D eigenvalue weighted by molar-refractivity contribution is 0.0693. The number of anilines is 1. The van der Waals surface area contributed by atoms with Crippen molar-refractivity contribution >= 4 is 17.6 Å². The number of aromatic carboxylic acids is 1. The molecule has 0 aliphatic rings. The van der Waals surface area contributed by atoms with Crippen LogP contribution in [0.4, 0.5) is 5.69 Å². The highest BCUT2D eigenvalue weighted by Gasteiger charge is 2.14. The highest BCUT2D eigenvalue weighted by atomic mass is 16.4. The lowest BCUT2D eigenvalue weighted by atomic mass is 10.1. The number of carbonyl (C=O) groups excluding carboxylic acids is 1. The number of aryl methyl sites for hydroxylation is 2. The molecule has 7 nitrogen and oxygen atoms in total. The van der Waals surface area contributed by atoms with E-state index in [1.807, 2.05) is 0 Å². The molecule has 0 aliphatic carbocycles. The number of hydrogen-bond donors (Lipinski definition) is 3. The highest BCUT2D eigenvalue weighted by Crippen LogP contribution is 2.21. The van der Waals surface area contributed by atoms with Crippen molar-refractivity contribution < 1.29 is 19.8 Å². The van der Waals surface area contributed by atoms with Crippen LogP contribution in [0.25, 0.3) is 0 Å². The van der Waals surface area contributed by atoms with Crippen molar-refractivity contribution in [2.24, 2.45) is 7.05 Å². The number of carboxylic acid groups (broad SMARTS) is 1. The van der Waals surface area contributed by atoms with Gasteiger partial charge in [0.25, 0.3) is 5.91 Å². The summed E-state index contributed by atoms with van der Waals surface area (Å²) in [6.45, 7) is 1.76. The van der Waals surface area contributed by atoms with Crippen LogP contribution in [0.5, 0.6) is 5.75 Å². The van der Waals surface area contributed by atoms with Crippen molar-refractivity contribution in [3.63, 3.8) is 0 Å². The van der Waals surface area contributed by atoms with Crippen molar-refractivity contribution in [3.05, 3.63) is 41.2 Å². The maximum absolute atomic E-state index is 12.0. The average Bonchev–Trinajstić information content (AvgIpc) is 2.70. The molecule has 0 spiro atoms. The molecule has 2 aromatic rings. The van der Waals surface area contributed by atoms with Gasteiger partial charge in [-0.25, -0.2) is 4.79 Å². The number of aromatic hydroxyl groups is 1. The van der Waals surface area contributed by atoms with E-state index in [2.05, 4.69) is 10.4 Å². The second-order valence-corrected chi connectivity index (χ2v) is 4.29. The molecule has 0 radical (unpaired) electrons. The predicted molar refractivity (Wildman–Crippen MR) is 71.0 cm³/mol. The lowest BCUT2D eigenvalue weighted by Gasteiger charge is -2.07. The van der Waals surface area contributed by atoms with E-state index in [1.54, 1.807) is 20.0 Å². The first-order chi connectivity index (χ1) is 9.38. The zero-order valence-corrected chi connectivity index (χ0v) is 10.9. The summed E-state index contributed by atoms with van der Waals surface area (Å²) in [5.41, 5.74) is 1.06. The molecule has 1 heterocycles. The van der Waals surface area contributed by atoms with Gasteiger partial charge in [-0.3, -0.25) is 9.48 Å². The third-order valence-electron chi connectivity index (χ3n) is 2.72. The van der Waals surface area contributed by atoms with Gasteiger partial charge in [-0.05, 0) is 31.2 Å². The third kappa shape index (κ3) is 2.61. The first-order valence-corrected chi connectivity index (χ1v) is 5.77. The number of aromatic nitrogens is 2. The Bertz CT molecular complexity index is 691. The van der Waals surface area contributed by atoms with Gasteiger partial charge in [0.2, 0.25) is 0 Å². The minimum atomic E-state index is -1.27. The van der Waals surface area contributed by atoms with Gasteiger partial charge in [-0.1, -0.05) is 0 Å². The quantitative estimate of drug-likeness (QED) is 0.734. The number of phenols is 1. The van der Waals surface area contributed by atoms with E-state index in [-0.39, 0.29) is 17.0 Å².